The molecule has 3 aromatic carbocycles. The van der Waals surface area contributed by atoms with E-state index in [1.165, 1.54) is 6.07 Å². The molecule has 0 spiro atoms. The van der Waals surface area contributed by atoms with Crippen LogP contribution in [0.25, 0.3) is 0 Å². The summed E-state index contributed by atoms with van der Waals surface area (Å²) >= 11 is 0. The fourth-order valence-electron chi connectivity index (χ4n) is 4.02. The van der Waals surface area contributed by atoms with Crippen molar-refractivity contribution in [3.05, 3.63) is 119 Å². The highest BCUT2D eigenvalue weighted by Gasteiger charge is 2.30. The number of hydrogen-bond donors (Lipinski definition) is 3. The van der Waals surface area contributed by atoms with Crippen molar-refractivity contribution in [1.82, 2.24) is 10.2 Å². The summed E-state index contributed by atoms with van der Waals surface area (Å²) in [6.45, 7) is 0.359. The van der Waals surface area contributed by atoms with Crippen LogP contribution < -0.4 is 11.1 Å². The van der Waals surface area contributed by atoms with E-state index in [4.69, 9.17) is 11.1 Å². The second-order valence-corrected chi connectivity index (χ2v) is 8.31. The van der Waals surface area contributed by atoms with Crippen molar-refractivity contribution in [2.45, 2.75) is 12.5 Å². The van der Waals surface area contributed by atoms with Gasteiger partial charge in [0.2, 0.25) is 0 Å². The minimum absolute atomic E-state index is 0.0206. The zero-order chi connectivity index (χ0) is 24.8. The lowest BCUT2D eigenvalue weighted by Gasteiger charge is -2.29. The normalized spacial score (nSPS) is 15.8. The van der Waals surface area contributed by atoms with Crippen molar-refractivity contribution in [3.8, 4) is 0 Å². The smallest absolute Gasteiger partial charge is 0.253 e. The van der Waals surface area contributed by atoms with Crippen LogP contribution >= 0.6 is 0 Å². The molecule has 0 fully saturated rings. The van der Waals surface area contributed by atoms with Crippen LogP contribution in [0.2, 0.25) is 0 Å². The van der Waals surface area contributed by atoms with Gasteiger partial charge < -0.3 is 16.0 Å². The number of ketones is 1. The van der Waals surface area contributed by atoms with Crippen molar-refractivity contribution in [3.63, 3.8) is 0 Å². The molecular formula is C28H26N4O3. The zero-order valence-electron chi connectivity index (χ0n) is 19.1. The molecule has 0 bridgehead atoms. The molecule has 1 heterocycles. The number of carbonyl (C=O) groups excluding carboxylic acids is 3. The van der Waals surface area contributed by atoms with Gasteiger partial charge in [0, 0.05) is 35.4 Å². The molecule has 1 aliphatic rings. The highest BCUT2D eigenvalue weighted by Crippen LogP contribution is 2.23. The molecule has 7 heteroatoms. The van der Waals surface area contributed by atoms with E-state index in [-0.39, 0.29) is 23.4 Å². The van der Waals surface area contributed by atoms with Gasteiger partial charge >= 0.3 is 0 Å². The number of amidine groups is 1. The molecule has 176 valence electrons. The van der Waals surface area contributed by atoms with E-state index in [9.17, 15) is 14.4 Å². The molecule has 35 heavy (non-hydrogen) atoms. The Morgan fingerprint density at radius 3 is 2.14 bits per heavy atom. The summed E-state index contributed by atoms with van der Waals surface area (Å²) in [5.41, 5.74) is 7.56. The van der Waals surface area contributed by atoms with Crippen molar-refractivity contribution in [2.24, 2.45) is 11.7 Å². The Kier molecular flexibility index (Phi) is 7.16. The van der Waals surface area contributed by atoms with Crippen molar-refractivity contribution in [1.29, 1.82) is 5.41 Å². The third-order valence-corrected chi connectivity index (χ3v) is 5.95. The van der Waals surface area contributed by atoms with Gasteiger partial charge in [-0.1, -0.05) is 78.9 Å². The van der Waals surface area contributed by atoms with Crippen LogP contribution in [0.4, 0.5) is 0 Å². The van der Waals surface area contributed by atoms with Gasteiger partial charge in [0.1, 0.15) is 11.9 Å². The number of nitrogens with two attached hydrogens (primary N) is 1. The number of nitrogen functional groups attached to an aromatic ring is 1. The summed E-state index contributed by atoms with van der Waals surface area (Å²) in [4.78, 5) is 40.9. The molecule has 0 radical (unpaired) electrons. The number of nitrogens with zero attached hydrogens (tertiary/aromatic N) is 1. The lowest BCUT2D eigenvalue weighted by atomic mass is 9.92. The summed E-state index contributed by atoms with van der Waals surface area (Å²) in [6.07, 6.45) is 3.87. The number of nitrogens with one attached hydrogen (secondary N) is 2. The average molecular weight is 467 g/mol. The molecular weight excluding hydrogens is 440 g/mol. The van der Waals surface area contributed by atoms with Crippen molar-refractivity contribution in [2.75, 3.05) is 6.54 Å². The maximum atomic E-state index is 13.5. The Labute approximate surface area is 203 Å². The minimum Gasteiger partial charge on any atom is -0.384 e. The van der Waals surface area contributed by atoms with Crippen LogP contribution in [0.5, 0.6) is 0 Å². The molecule has 0 saturated heterocycles. The van der Waals surface area contributed by atoms with Crippen molar-refractivity contribution >= 4 is 23.4 Å². The van der Waals surface area contributed by atoms with E-state index in [1.807, 2.05) is 24.3 Å². The van der Waals surface area contributed by atoms with E-state index in [0.717, 1.165) is 0 Å². The molecule has 1 aliphatic heterocycles. The molecule has 0 aliphatic carbocycles. The molecule has 4 N–H and O–H groups in total. The summed E-state index contributed by atoms with van der Waals surface area (Å²) in [7, 11) is 0. The first-order valence-corrected chi connectivity index (χ1v) is 11.3. The predicted octanol–water partition coefficient (Wildman–Crippen LogP) is 3.69. The van der Waals surface area contributed by atoms with Crippen LogP contribution in [0.3, 0.4) is 0 Å². The Morgan fingerprint density at radius 1 is 0.886 bits per heavy atom. The average Bonchev–Trinajstić information content (AvgIpc) is 2.92. The highest BCUT2D eigenvalue weighted by molar-refractivity contribution is 6.02. The standard InChI is InChI=1S/C28H26N4O3/c29-26(30)22-12-7-13-23(18-22)27(34)31-24(19-8-3-1-4-9-19)28(35)32-16-14-21(15-17-32)25(33)20-10-5-2-6-11-20/h1-14,16,18,21,24H,15,17H2,(H3,29,30)(H,31,34)/t21-,24-/m1/s1. The van der Waals surface area contributed by atoms with Gasteiger partial charge in [0.15, 0.2) is 5.78 Å². The van der Waals surface area contributed by atoms with Gasteiger partial charge in [-0.2, -0.15) is 0 Å². The Balaban J connectivity index is 1.53. The molecule has 7 nitrogen and oxygen atoms in total. The number of carbonyl (C=O) groups is 3. The Hall–Kier alpha value is -4.52. The number of rotatable bonds is 7. The van der Waals surface area contributed by atoms with Gasteiger partial charge in [-0.05, 0) is 24.1 Å². The quantitative estimate of drug-likeness (QED) is 0.280. The van der Waals surface area contributed by atoms with Crippen LogP contribution in [-0.4, -0.2) is 34.9 Å². The van der Waals surface area contributed by atoms with Crippen LogP contribution in [0.15, 0.2) is 97.2 Å². The molecule has 2 atom stereocenters. The van der Waals surface area contributed by atoms with Gasteiger partial charge in [0.25, 0.3) is 11.8 Å². The third kappa shape index (κ3) is 5.52. The molecule has 0 aromatic heterocycles. The second kappa shape index (κ2) is 10.6. The van der Waals surface area contributed by atoms with Gasteiger partial charge in [-0.3, -0.25) is 19.8 Å². The number of amides is 2. The molecule has 2 amide bonds. The molecule has 3 aromatic rings. The number of Topliss-reactive ketones (excluding diaryl/α,β-unsaturated/α-hetero) is 1. The number of allylic oxidation sites excluding steroid dienone is 1. The molecule has 0 saturated carbocycles. The number of benzene rings is 3. The SMILES string of the molecule is N=C(N)c1cccc(C(=O)N[C@@H](C(=O)N2C=C[C@@H](C(=O)c3ccccc3)CC2)c2ccccc2)c1. The summed E-state index contributed by atoms with van der Waals surface area (Å²) < 4.78 is 0. The maximum Gasteiger partial charge on any atom is 0.253 e. The third-order valence-electron chi connectivity index (χ3n) is 5.95. The first kappa shape index (κ1) is 23.6. The summed E-state index contributed by atoms with van der Waals surface area (Å²) in [5.74, 6) is -1.18. The Bertz CT molecular complexity index is 1270. The van der Waals surface area contributed by atoms with E-state index in [2.05, 4.69) is 5.32 Å². The lowest BCUT2D eigenvalue weighted by Crippen LogP contribution is -2.42. The summed E-state index contributed by atoms with van der Waals surface area (Å²) in [6, 6.07) is 23.6. The van der Waals surface area contributed by atoms with Gasteiger partial charge in [0.05, 0.1) is 0 Å². The minimum atomic E-state index is -0.921. The number of hydrogen-bond acceptors (Lipinski definition) is 4. The van der Waals surface area contributed by atoms with E-state index in [0.29, 0.717) is 35.2 Å². The monoisotopic (exact) mass is 466 g/mol. The first-order valence-electron chi connectivity index (χ1n) is 11.3. The predicted molar refractivity (Wildman–Crippen MR) is 134 cm³/mol. The molecule has 0 unspecified atom stereocenters. The lowest BCUT2D eigenvalue weighted by molar-refractivity contribution is -0.131. The Morgan fingerprint density at radius 2 is 1.51 bits per heavy atom. The largest absolute Gasteiger partial charge is 0.384 e. The van der Waals surface area contributed by atoms with Gasteiger partial charge in [-0.25, -0.2) is 0 Å². The fraction of sp³-hybridized carbons (Fsp3) is 0.143. The van der Waals surface area contributed by atoms with Crippen LogP contribution in [0, 0.1) is 11.3 Å². The maximum absolute atomic E-state index is 13.5. The zero-order valence-corrected chi connectivity index (χ0v) is 19.1. The highest BCUT2D eigenvalue weighted by atomic mass is 16.2. The van der Waals surface area contributed by atoms with Crippen LogP contribution in [0.1, 0.15) is 44.3 Å². The van der Waals surface area contributed by atoms with E-state index < -0.39 is 11.9 Å². The van der Waals surface area contributed by atoms with E-state index in [1.54, 1.807) is 71.8 Å². The first-order chi connectivity index (χ1) is 16.9. The topological polar surface area (TPSA) is 116 Å². The van der Waals surface area contributed by atoms with E-state index >= 15 is 0 Å². The fourth-order valence-corrected chi connectivity index (χ4v) is 4.02. The second-order valence-electron chi connectivity index (χ2n) is 8.31. The van der Waals surface area contributed by atoms with Crippen molar-refractivity contribution < 1.29 is 14.4 Å². The van der Waals surface area contributed by atoms with Crippen LogP contribution in [-0.2, 0) is 4.79 Å². The van der Waals surface area contributed by atoms with Gasteiger partial charge in [-0.15, -0.1) is 0 Å². The summed E-state index contributed by atoms with van der Waals surface area (Å²) in [5, 5.41) is 10.4. The molecule has 4 rings (SSSR count).